The summed E-state index contributed by atoms with van der Waals surface area (Å²) in [4.78, 5) is 13.1. The second-order valence-electron chi connectivity index (χ2n) is 5.05. The Labute approximate surface area is 108 Å². The maximum Gasteiger partial charge on any atom is 0.303 e. The van der Waals surface area contributed by atoms with Crippen molar-refractivity contribution in [2.45, 2.75) is 38.6 Å². The number of benzene rings is 1. The van der Waals surface area contributed by atoms with Gasteiger partial charge in [0.15, 0.2) is 0 Å². The zero-order valence-electron chi connectivity index (χ0n) is 10.8. The second-order valence-corrected chi connectivity index (χ2v) is 5.05. The van der Waals surface area contributed by atoms with Crippen LogP contribution in [0.15, 0.2) is 24.3 Å². The summed E-state index contributed by atoms with van der Waals surface area (Å²) in [6.45, 7) is 3.39. The van der Waals surface area contributed by atoms with E-state index < -0.39 is 5.97 Å². The van der Waals surface area contributed by atoms with E-state index in [1.54, 1.807) is 0 Å². The van der Waals surface area contributed by atoms with Crippen LogP contribution in [-0.4, -0.2) is 29.1 Å². The molecule has 2 rings (SSSR count). The number of rotatable bonds is 5. The van der Waals surface area contributed by atoms with Crippen molar-refractivity contribution >= 4 is 5.97 Å². The molecular weight excluding hydrogens is 226 g/mol. The van der Waals surface area contributed by atoms with Crippen LogP contribution in [0.1, 0.15) is 36.8 Å². The minimum absolute atomic E-state index is 0.215. The van der Waals surface area contributed by atoms with Crippen molar-refractivity contribution in [2.75, 3.05) is 13.1 Å². The number of hydrogen-bond acceptors (Lipinski definition) is 2. The van der Waals surface area contributed by atoms with Crippen molar-refractivity contribution in [1.82, 2.24) is 4.90 Å². The average molecular weight is 247 g/mol. The van der Waals surface area contributed by atoms with Gasteiger partial charge in [-0.3, -0.25) is 9.69 Å². The van der Waals surface area contributed by atoms with E-state index in [0.717, 1.165) is 12.1 Å². The molecule has 0 radical (unpaired) electrons. The number of nitrogens with zero attached hydrogens (tertiary/aromatic N) is 1. The summed E-state index contributed by atoms with van der Waals surface area (Å²) in [6, 6.07) is 8.34. The van der Waals surface area contributed by atoms with E-state index in [-0.39, 0.29) is 6.42 Å². The summed E-state index contributed by atoms with van der Waals surface area (Å²) < 4.78 is 0. The first-order chi connectivity index (χ1) is 8.74. The molecule has 0 spiro atoms. The number of aliphatic carboxylic acids is 1. The van der Waals surface area contributed by atoms with Crippen molar-refractivity contribution in [1.29, 1.82) is 0 Å². The van der Waals surface area contributed by atoms with E-state index in [1.807, 2.05) is 12.1 Å². The van der Waals surface area contributed by atoms with E-state index >= 15 is 0 Å². The number of likely N-dealkylation sites (tertiary alicyclic amines) is 1. The lowest BCUT2D eigenvalue weighted by Crippen LogP contribution is -2.29. The largest absolute Gasteiger partial charge is 0.481 e. The van der Waals surface area contributed by atoms with Crippen LogP contribution in [0.25, 0.3) is 0 Å². The summed E-state index contributed by atoms with van der Waals surface area (Å²) in [5, 5.41) is 8.70. The Morgan fingerprint density at radius 2 is 1.89 bits per heavy atom. The molecule has 1 aromatic carbocycles. The highest BCUT2D eigenvalue weighted by atomic mass is 16.4. The van der Waals surface area contributed by atoms with Gasteiger partial charge in [-0.15, -0.1) is 0 Å². The van der Waals surface area contributed by atoms with Gasteiger partial charge >= 0.3 is 5.97 Å². The summed E-state index contributed by atoms with van der Waals surface area (Å²) in [5.41, 5.74) is 2.44. The van der Waals surface area contributed by atoms with Gasteiger partial charge < -0.3 is 5.11 Å². The first-order valence-corrected chi connectivity index (χ1v) is 6.76. The fourth-order valence-electron chi connectivity index (χ4n) is 2.51. The van der Waals surface area contributed by atoms with Crippen LogP contribution in [0.5, 0.6) is 0 Å². The summed E-state index contributed by atoms with van der Waals surface area (Å²) >= 11 is 0. The quantitative estimate of drug-likeness (QED) is 0.869. The zero-order chi connectivity index (χ0) is 12.8. The van der Waals surface area contributed by atoms with Crippen LogP contribution >= 0.6 is 0 Å². The van der Waals surface area contributed by atoms with Crippen LogP contribution in [-0.2, 0) is 17.8 Å². The van der Waals surface area contributed by atoms with Gasteiger partial charge in [0.25, 0.3) is 0 Å². The lowest BCUT2D eigenvalue weighted by atomic mass is 10.0. The summed E-state index contributed by atoms with van der Waals surface area (Å²) in [7, 11) is 0. The maximum atomic E-state index is 10.6. The molecule has 3 heteroatoms. The molecular formula is C15H21NO2. The fraction of sp³-hybridized carbons (Fsp3) is 0.533. The highest BCUT2D eigenvalue weighted by Gasteiger charge is 2.10. The lowest BCUT2D eigenvalue weighted by molar-refractivity contribution is -0.136. The van der Waals surface area contributed by atoms with Crippen molar-refractivity contribution in [3.63, 3.8) is 0 Å². The Hall–Kier alpha value is -1.35. The minimum Gasteiger partial charge on any atom is -0.481 e. The summed E-state index contributed by atoms with van der Waals surface area (Å²) in [5.74, 6) is -0.726. The Bertz CT molecular complexity index is 397. The molecule has 98 valence electrons. The number of aryl methyl sites for hydroxylation is 1. The van der Waals surface area contributed by atoms with Crippen molar-refractivity contribution in [2.24, 2.45) is 0 Å². The van der Waals surface area contributed by atoms with Crippen LogP contribution < -0.4 is 0 Å². The molecule has 0 saturated carbocycles. The normalized spacial score (nSPS) is 16.7. The molecule has 18 heavy (non-hydrogen) atoms. The standard InChI is InChI=1S/C15H21NO2/c17-15(18)8-7-13-5-4-6-14(11-13)12-16-9-2-1-3-10-16/h4-6,11H,1-3,7-10,12H2,(H,17,18). The fourth-order valence-corrected chi connectivity index (χ4v) is 2.51. The molecule has 0 atom stereocenters. The number of carboxylic acids is 1. The number of piperidine rings is 1. The Morgan fingerprint density at radius 3 is 2.61 bits per heavy atom. The van der Waals surface area contributed by atoms with E-state index in [1.165, 1.54) is 37.9 Å². The Balaban J connectivity index is 1.91. The van der Waals surface area contributed by atoms with Crippen LogP contribution in [0.3, 0.4) is 0 Å². The molecule has 1 saturated heterocycles. The first kappa shape index (κ1) is 13.1. The molecule has 0 unspecified atom stereocenters. The van der Waals surface area contributed by atoms with Gasteiger partial charge in [-0.05, 0) is 43.5 Å². The second kappa shape index (κ2) is 6.55. The van der Waals surface area contributed by atoms with Crippen molar-refractivity contribution < 1.29 is 9.90 Å². The predicted octanol–water partition coefficient (Wildman–Crippen LogP) is 2.69. The van der Waals surface area contributed by atoms with Crippen LogP contribution in [0.2, 0.25) is 0 Å². The van der Waals surface area contributed by atoms with Gasteiger partial charge in [0.2, 0.25) is 0 Å². The molecule has 1 aromatic rings. The smallest absolute Gasteiger partial charge is 0.303 e. The Kier molecular flexibility index (Phi) is 4.76. The van der Waals surface area contributed by atoms with E-state index in [9.17, 15) is 4.79 Å². The van der Waals surface area contributed by atoms with E-state index in [4.69, 9.17) is 5.11 Å². The first-order valence-electron chi connectivity index (χ1n) is 6.76. The third-order valence-corrected chi connectivity index (χ3v) is 3.47. The van der Waals surface area contributed by atoms with Crippen molar-refractivity contribution in [3.05, 3.63) is 35.4 Å². The van der Waals surface area contributed by atoms with E-state index in [0.29, 0.717) is 6.42 Å². The maximum absolute atomic E-state index is 10.6. The summed E-state index contributed by atoms with van der Waals surface area (Å²) in [6.07, 6.45) is 4.81. The van der Waals surface area contributed by atoms with Gasteiger partial charge in [-0.25, -0.2) is 0 Å². The number of hydrogen-bond donors (Lipinski definition) is 1. The average Bonchev–Trinajstić information content (AvgIpc) is 2.38. The number of carbonyl (C=O) groups is 1. The molecule has 1 fully saturated rings. The topological polar surface area (TPSA) is 40.5 Å². The lowest BCUT2D eigenvalue weighted by Gasteiger charge is -2.26. The minimum atomic E-state index is -0.726. The SMILES string of the molecule is O=C(O)CCc1cccc(CN2CCCCC2)c1. The molecule has 0 aliphatic carbocycles. The number of carboxylic acid groups (broad SMARTS) is 1. The molecule has 0 amide bonds. The van der Waals surface area contributed by atoms with Gasteiger partial charge in [0.05, 0.1) is 0 Å². The van der Waals surface area contributed by atoms with Crippen LogP contribution in [0.4, 0.5) is 0 Å². The highest BCUT2D eigenvalue weighted by Crippen LogP contribution is 2.14. The Morgan fingerprint density at radius 1 is 1.17 bits per heavy atom. The third-order valence-electron chi connectivity index (χ3n) is 3.47. The van der Waals surface area contributed by atoms with Crippen molar-refractivity contribution in [3.8, 4) is 0 Å². The predicted molar refractivity (Wildman–Crippen MR) is 71.5 cm³/mol. The third kappa shape index (κ3) is 4.15. The molecule has 1 aliphatic heterocycles. The molecule has 0 aromatic heterocycles. The van der Waals surface area contributed by atoms with Crippen LogP contribution in [0, 0.1) is 0 Å². The van der Waals surface area contributed by atoms with Gasteiger partial charge in [-0.2, -0.15) is 0 Å². The monoisotopic (exact) mass is 247 g/mol. The molecule has 1 N–H and O–H groups in total. The van der Waals surface area contributed by atoms with Gasteiger partial charge in [-0.1, -0.05) is 30.7 Å². The zero-order valence-corrected chi connectivity index (χ0v) is 10.8. The van der Waals surface area contributed by atoms with E-state index in [2.05, 4.69) is 17.0 Å². The van der Waals surface area contributed by atoms with Gasteiger partial charge in [0, 0.05) is 13.0 Å². The molecule has 1 heterocycles. The highest BCUT2D eigenvalue weighted by molar-refractivity contribution is 5.67. The molecule has 0 bridgehead atoms. The molecule has 3 nitrogen and oxygen atoms in total. The molecule has 1 aliphatic rings. The van der Waals surface area contributed by atoms with Gasteiger partial charge in [0.1, 0.15) is 0 Å².